The van der Waals surface area contributed by atoms with Crippen LogP contribution in [0.3, 0.4) is 0 Å². The minimum absolute atomic E-state index is 0.00732. The van der Waals surface area contributed by atoms with Crippen LogP contribution in [0.2, 0.25) is 0 Å². The number of para-hydroxylation sites is 1. The number of sulfonamides is 1. The van der Waals surface area contributed by atoms with E-state index in [1.54, 1.807) is 30.3 Å². The van der Waals surface area contributed by atoms with Crippen molar-refractivity contribution in [2.45, 2.75) is 18.2 Å². The summed E-state index contributed by atoms with van der Waals surface area (Å²) in [5.41, 5.74) is 1.06. The van der Waals surface area contributed by atoms with Crippen molar-refractivity contribution in [2.75, 3.05) is 11.3 Å². The fraction of sp³-hybridized carbons (Fsp3) is 0.158. The lowest BCUT2D eigenvalue weighted by Gasteiger charge is -2.09. The fourth-order valence-corrected chi connectivity index (χ4v) is 3.10. The molecule has 0 fully saturated rings. The Morgan fingerprint density at radius 1 is 1.04 bits per heavy atom. The summed E-state index contributed by atoms with van der Waals surface area (Å²) < 4.78 is 32.0. The van der Waals surface area contributed by atoms with Crippen LogP contribution in [0.15, 0.2) is 71.6 Å². The van der Waals surface area contributed by atoms with Crippen molar-refractivity contribution in [3.8, 4) is 0 Å². The number of rotatable bonds is 8. The maximum absolute atomic E-state index is 12.3. The van der Waals surface area contributed by atoms with Crippen LogP contribution in [-0.4, -0.2) is 26.8 Å². The van der Waals surface area contributed by atoms with Crippen LogP contribution in [-0.2, 0) is 19.6 Å². The van der Waals surface area contributed by atoms with E-state index in [0.29, 0.717) is 11.3 Å². The van der Waals surface area contributed by atoms with E-state index in [9.17, 15) is 18.0 Å². The van der Waals surface area contributed by atoms with E-state index in [0.717, 1.165) is 0 Å². The Labute approximate surface area is 152 Å². The van der Waals surface area contributed by atoms with E-state index in [-0.39, 0.29) is 29.3 Å². The molecule has 0 atom stereocenters. The van der Waals surface area contributed by atoms with Crippen molar-refractivity contribution < 1.29 is 22.7 Å². The highest BCUT2D eigenvalue weighted by Gasteiger charge is 2.15. The summed E-state index contributed by atoms with van der Waals surface area (Å²) in [7, 11) is -3.73. The first-order chi connectivity index (χ1) is 12.3. The Morgan fingerprint density at radius 2 is 1.65 bits per heavy atom. The Kier molecular flexibility index (Phi) is 6.30. The lowest BCUT2D eigenvalue weighted by atomic mass is 10.1. The van der Waals surface area contributed by atoms with Gasteiger partial charge in [-0.3, -0.25) is 9.52 Å². The van der Waals surface area contributed by atoms with E-state index >= 15 is 0 Å². The highest BCUT2D eigenvalue weighted by molar-refractivity contribution is 7.92. The van der Waals surface area contributed by atoms with Gasteiger partial charge in [0.05, 0.1) is 11.5 Å². The minimum atomic E-state index is -3.73. The van der Waals surface area contributed by atoms with Crippen LogP contribution in [0.5, 0.6) is 0 Å². The molecular weight excluding hydrogens is 354 g/mol. The van der Waals surface area contributed by atoms with Crippen LogP contribution >= 0.6 is 0 Å². The molecule has 0 amide bonds. The number of carbonyl (C=O) groups is 2. The number of Topliss-reactive ketones (excluding diaryl/α,β-unsaturated/α-hetero) is 1. The second-order valence-electron chi connectivity index (χ2n) is 5.59. The smallest absolute Gasteiger partial charge is 0.333 e. The molecule has 0 aromatic heterocycles. The third-order valence-electron chi connectivity index (χ3n) is 3.42. The molecule has 1 N–H and O–H groups in total. The maximum atomic E-state index is 12.3. The van der Waals surface area contributed by atoms with Crippen LogP contribution in [0, 0.1) is 0 Å². The number of esters is 1. The summed E-state index contributed by atoms with van der Waals surface area (Å²) in [6, 6.07) is 14.1. The van der Waals surface area contributed by atoms with Gasteiger partial charge < -0.3 is 4.74 Å². The highest BCUT2D eigenvalue weighted by Crippen LogP contribution is 2.17. The molecule has 0 aliphatic heterocycles. The van der Waals surface area contributed by atoms with Gasteiger partial charge in [0.15, 0.2) is 5.78 Å². The van der Waals surface area contributed by atoms with E-state index in [1.807, 2.05) is 0 Å². The number of carbonyl (C=O) groups excluding carboxylic acids is 2. The Balaban J connectivity index is 1.99. The van der Waals surface area contributed by atoms with Crippen molar-refractivity contribution in [1.29, 1.82) is 0 Å². The molecule has 2 aromatic carbocycles. The van der Waals surface area contributed by atoms with Gasteiger partial charge in [-0.15, -0.1) is 0 Å². The standard InChI is InChI=1S/C19H19NO5S/c1-14(2)19(22)25-13-12-18(21)15-8-10-17(11-9-15)26(23,24)20-16-6-4-3-5-7-16/h3-11,20H,1,12-13H2,2H3. The Hall–Kier alpha value is -2.93. The lowest BCUT2D eigenvalue weighted by molar-refractivity contribution is -0.138. The van der Waals surface area contributed by atoms with E-state index in [1.165, 1.54) is 31.2 Å². The van der Waals surface area contributed by atoms with Gasteiger partial charge in [0.2, 0.25) is 0 Å². The van der Waals surface area contributed by atoms with Gasteiger partial charge in [0.1, 0.15) is 0 Å². The van der Waals surface area contributed by atoms with Crippen molar-refractivity contribution in [3.05, 3.63) is 72.3 Å². The summed E-state index contributed by atoms with van der Waals surface area (Å²) in [5.74, 6) is -0.800. The third-order valence-corrected chi connectivity index (χ3v) is 4.82. The quantitative estimate of drug-likeness (QED) is 0.436. The van der Waals surface area contributed by atoms with E-state index in [2.05, 4.69) is 11.3 Å². The van der Waals surface area contributed by atoms with E-state index < -0.39 is 16.0 Å². The highest BCUT2D eigenvalue weighted by atomic mass is 32.2. The molecule has 2 aromatic rings. The first-order valence-corrected chi connectivity index (χ1v) is 9.31. The van der Waals surface area contributed by atoms with Gasteiger partial charge in [-0.25, -0.2) is 13.2 Å². The number of anilines is 1. The molecule has 0 aliphatic rings. The summed E-state index contributed by atoms with van der Waals surface area (Å²) in [4.78, 5) is 23.4. The van der Waals surface area contributed by atoms with Gasteiger partial charge in [0.25, 0.3) is 10.0 Å². The largest absolute Gasteiger partial charge is 0.462 e. The molecule has 0 radical (unpaired) electrons. The second-order valence-corrected chi connectivity index (χ2v) is 7.27. The van der Waals surface area contributed by atoms with Gasteiger partial charge in [-0.05, 0) is 31.2 Å². The average molecular weight is 373 g/mol. The third kappa shape index (κ3) is 5.29. The second kappa shape index (κ2) is 8.44. The number of hydrogen-bond acceptors (Lipinski definition) is 5. The van der Waals surface area contributed by atoms with Crippen LogP contribution in [0.4, 0.5) is 5.69 Å². The van der Waals surface area contributed by atoms with Crippen molar-refractivity contribution in [3.63, 3.8) is 0 Å². The topological polar surface area (TPSA) is 89.5 Å². The molecule has 7 heteroatoms. The molecule has 0 unspecified atom stereocenters. The summed E-state index contributed by atoms with van der Waals surface area (Å²) in [6.07, 6.45) is 0.00732. The number of hydrogen-bond donors (Lipinski definition) is 1. The molecule has 0 aliphatic carbocycles. The van der Waals surface area contributed by atoms with Gasteiger partial charge >= 0.3 is 5.97 Å². The monoisotopic (exact) mass is 373 g/mol. The molecular formula is C19H19NO5S. The minimum Gasteiger partial charge on any atom is -0.462 e. The van der Waals surface area contributed by atoms with Crippen molar-refractivity contribution >= 4 is 27.5 Å². The predicted molar refractivity (Wildman–Crippen MR) is 98.4 cm³/mol. The zero-order valence-electron chi connectivity index (χ0n) is 14.3. The number of ketones is 1. The van der Waals surface area contributed by atoms with Gasteiger partial charge in [-0.2, -0.15) is 0 Å². The molecule has 0 saturated heterocycles. The van der Waals surface area contributed by atoms with Crippen LogP contribution in [0.1, 0.15) is 23.7 Å². The van der Waals surface area contributed by atoms with Gasteiger partial charge in [-0.1, -0.05) is 36.9 Å². The number of nitrogens with one attached hydrogen (secondary N) is 1. The first-order valence-electron chi connectivity index (χ1n) is 7.83. The zero-order valence-corrected chi connectivity index (χ0v) is 15.1. The van der Waals surface area contributed by atoms with Crippen LogP contribution in [0.25, 0.3) is 0 Å². The fourth-order valence-electron chi connectivity index (χ4n) is 2.04. The molecule has 2 rings (SSSR count). The van der Waals surface area contributed by atoms with Crippen LogP contribution < -0.4 is 4.72 Å². The number of ether oxygens (including phenoxy) is 1. The Morgan fingerprint density at radius 3 is 2.23 bits per heavy atom. The molecule has 6 nitrogen and oxygen atoms in total. The van der Waals surface area contributed by atoms with Crippen molar-refractivity contribution in [2.24, 2.45) is 0 Å². The molecule has 136 valence electrons. The first kappa shape index (κ1) is 19.4. The zero-order chi connectivity index (χ0) is 19.2. The number of benzene rings is 2. The molecule has 0 heterocycles. The maximum Gasteiger partial charge on any atom is 0.333 e. The molecule has 26 heavy (non-hydrogen) atoms. The average Bonchev–Trinajstić information content (AvgIpc) is 2.62. The SMILES string of the molecule is C=C(C)C(=O)OCCC(=O)c1ccc(S(=O)(=O)Nc2ccccc2)cc1. The summed E-state index contributed by atoms with van der Waals surface area (Å²) in [5, 5.41) is 0. The molecule has 0 bridgehead atoms. The predicted octanol–water partition coefficient (Wildman–Crippen LogP) is 3.18. The summed E-state index contributed by atoms with van der Waals surface area (Å²) in [6.45, 7) is 4.92. The van der Waals surface area contributed by atoms with Crippen molar-refractivity contribution in [1.82, 2.24) is 0 Å². The normalized spacial score (nSPS) is 10.8. The molecule has 0 spiro atoms. The van der Waals surface area contributed by atoms with E-state index in [4.69, 9.17) is 4.74 Å². The molecule has 0 saturated carbocycles. The Bertz CT molecular complexity index is 903. The lowest BCUT2D eigenvalue weighted by Crippen LogP contribution is -2.13. The van der Waals surface area contributed by atoms with Gasteiger partial charge in [0, 0.05) is 23.2 Å². The summed E-state index contributed by atoms with van der Waals surface area (Å²) >= 11 is 0.